The highest BCUT2D eigenvalue weighted by atomic mass is 19.1. The highest BCUT2D eigenvalue weighted by Gasteiger charge is 2.36. The maximum atomic E-state index is 13.2. The molecule has 3 nitrogen and oxygen atoms in total. The summed E-state index contributed by atoms with van der Waals surface area (Å²) in [5.41, 5.74) is 1.13. The molecular weight excluding hydrogens is 243 g/mol. The van der Waals surface area contributed by atoms with Crippen LogP contribution in [-0.4, -0.2) is 18.1 Å². The van der Waals surface area contributed by atoms with Gasteiger partial charge in [-0.25, -0.2) is 9.37 Å². The van der Waals surface area contributed by atoms with Crippen LogP contribution in [0.15, 0.2) is 22.6 Å². The van der Waals surface area contributed by atoms with E-state index in [9.17, 15) is 4.39 Å². The van der Waals surface area contributed by atoms with Gasteiger partial charge in [0.05, 0.1) is 0 Å². The summed E-state index contributed by atoms with van der Waals surface area (Å²) < 4.78 is 19.0. The van der Waals surface area contributed by atoms with E-state index >= 15 is 0 Å². The van der Waals surface area contributed by atoms with Crippen LogP contribution >= 0.6 is 0 Å². The predicted octanol–water partition coefficient (Wildman–Crippen LogP) is 3.24. The van der Waals surface area contributed by atoms with E-state index in [-0.39, 0.29) is 11.2 Å². The van der Waals surface area contributed by atoms with Crippen molar-refractivity contribution in [1.82, 2.24) is 10.3 Å². The molecule has 1 aromatic carbocycles. The third-order valence-corrected chi connectivity index (χ3v) is 4.22. The number of fused-ring (bicyclic) bond motifs is 1. The molecule has 1 aliphatic heterocycles. The zero-order valence-corrected chi connectivity index (χ0v) is 11.4. The molecule has 1 aromatic heterocycles. The van der Waals surface area contributed by atoms with E-state index in [1.54, 1.807) is 6.07 Å². The summed E-state index contributed by atoms with van der Waals surface area (Å²) in [4.78, 5) is 4.49. The van der Waals surface area contributed by atoms with Crippen molar-refractivity contribution in [3.63, 3.8) is 0 Å². The Bertz CT molecular complexity index is 585. The zero-order valence-electron chi connectivity index (χ0n) is 11.4. The standard InChI is InChI=1S/C15H19FN2O/c1-15(2,10-4-3-7-17-9-10)14-18-12-8-11(16)5-6-13(12)19-14/h5-6,8,10,17H,3-4,7,9H2,1-2H3. The lowest BCUT2D eigenvalue weighted by atomic mass is 9.75. The van der Waals surface area contributed by atoms with E-state index in [2.05, 4.69) is 24.1 Å². The lowest BCUT2D eigenvalue weighted by Gasteiger charge is -2.34. The Morgan fingerprint density at radius 1 is 1.42 bits per heavy atom. The lowest BCUT2D eigenvalue weighted by molar-refractivity contribution is 0.215. The van der Waals surface area contributed by atoms with E-state index in [1.165, 1.54) is 25.0 Å². The molecule has 1 fully saturated rings. The number of hydrogen-bond donors (Lipinski definition) is 1. The first kappa shape index (κ1) is 12.6. The Hall–Kier alpha value is -1.42. The molecule has 2 heterocycles. The molecule has 0 bridgehead atoms. The molecule has 0 saturated carbocycles. The molecule has 19 heavy (non-hydrogen) atoms. The van der Waals surface area contributed by atoms with Crippen molar-refractivity contribution in [2.75, 3.05) is 13.1 Å². The van der Waals surface area contributed by atoms with Gasteiger partial charge >= 0.3 is 0 Å². The van der Waals surface area contributed by atoms with E-state index < -0.39 is 0 Å². The Labute approximate surface area is 112 Å². The van der Waals surface area contributed by atoms with Gasteiger partial charge in [-0.2, -0.15) is 0 Å². The van der Waals surface area contributed by atoms with E-state index in [4.69, 9.17) is 4.42 Å². The van der Waals surface area contributed by atoms with Crippen molar-refractivity contribution in [3.8, 4) is 0 Å². The van der Waals surface area contributed by atoms with Gasteiger partial charge in [-0.15, -0.1) is 0 Å². The number of piperidine rings is 1. The largest absolute Gasteiger partial charge is 0.440 e. The lowest BCUT2D eigenvalue weighted by Crippen LogP contribution is -2.40. The van der Waals surface area contributed by atoms with Gasteiger partial charge in [0.1, 0.15) is 11.3 Å². The van der Waals surface area contributed by atoms with E-state index in [0.717, 1.165) is 13.1 Å². The van der Waals surface area contributed by atoms with Crippen LogP contribution in [0.25, 0.3) is 11.1 Å². The van der Waals surface area contributed by atoms with Crippen molar-refractivity contribution in [2.24, 2.45) is 5.92 Å². The summed E-state index contributed by atoms with van der Waals surface area (Å²) in [7, 11) is 0. The van der Waals surface area contributed by atoms with Gasteiger partial charge in [-0.05, 0) is 44.0 Å². The van der Waals surface area contributed by atoms with Crippen LogP contribution in [-0.2, 0) is 5.41 Å². The highest BCUT2D eigenvalue weighted by Crippen LogP contribution is 2.36. The molecule has 0 amide bonds. The number of benzene rings is 1. The molecule has 102 valence electrons. The zero-order chi connectivity index (χ0) is 13.5. The summed E-state index contributed by atoms with van der Waals surface area (Å²) in [6, 6.07) is 4.49. The van der Waals surface area contributed by atoms with Crippen LogP contribution in [0.3, 0.4) is 0 Å². The molecule has 1 atom stereocenters. The molecule has 1 N–H and O–H groups in total. The highest BCUT2D eigenvalue weighted by molar-refractivity contribution is 5.72. The summed E-state index contributed by atoms with van der Waals surface area (Å²) in [5, 5.41) is 3.42. The van der Waals surface area contributed by atoms with E-state index in [0.29, 0.717) is 22.9 Å². The van der Waals surface area contributed by atoms with Crippen LogP contribution in [0.4, 0.5) is 4.39 Å². The first-order chi connectivity index (χ1) is 9.07. The number of nitrogens with zero attached hydrogens (tertiary/aromatic N) is 1. The van der Waals surface area contributed by atoms with E-state index in [1.807, 2.05) is 0 Å². The SMILES string of the molecule is CC(C)(c1nc2cc(F)ccc2o1)C1CCCNC1. The van der Waals surface area contributed by atoms with Gasteiger partial charge in [0.15, 0.2) is 5.58 Å². The Morgan fingerprint density at radius 3 is 3.00 bits per heavy atom. The van der Waals surface area contributed by atoms with Gasteiger partial charge in [-0.1, -0.05) is 13.8 Å². The minimum Gasteiger partial charge on any atom is -0.440 e. The first-order valence-electron chi connectivity index (χ1n) is 6.84. The van der Waals surface area contributed by atoms with Crippen molar-refractivity contribution in [3.05, 3.63) is 29.9 Å². The molecular formula is C15H19FN2O. The molecule has 0 spiro atoms. The van der Waals surface area contributed by atoms with Crippen molar-refractivity contribution >= 4 is 11.1 Å². The number of halogens is 1. The average Bonchev–Trinajstić information content (AvgIpc) is 2.83. The normalized spacial score (nSPS) is 20.9. The molecule has 3 rings (SSSR count). The summed E-state index contributed by atoms with van der Waals surface area (Å²) in [6.45, 7) is 6.39. The fraction of sp³-hybridized carbons (Fsp3) is 0.533. The van der Waals surface area contributed by atoms with Crippen molar-refractivity contribution in [1.29, 1.82) is 0 Å². The monoisotopic (exact) mass is 262 g/mol. The average molecular weight is 262 g/mol. The molecule has 1 saturated heterocycles. The number of aromatic nitrogens is 1. The van der Waals surface area contributed by atoms with Crippen molar-refractivity contribution in [2.45, 2.75) is 32.1 Å². The van der Waals surface area contributed by atoms with Crippen LogP contribution in [0, 0.1) is 11.7 Å². The van der Waals surface area contributed by atoms with Crippen LogP contribution in [0.2, 0.25) is 0 Å². The van der Waals surface area contributed by atoms with Gasteiger partial charge in [0, 0.05) is 11.5 Å². The third kappa shape index (κ3) is 2.25. The Kier molecular flexibility index (Phi) is 3.05. The first-order valence-corrected chi connectivity index (χ1v) is 6.84. The van der Waals surface area contributed by atoms with Gasteiger partial charge in [-0.3, -0.25) is 0 Å². The predicted molar refractivity (Wildman–Crippen MR) is 72.6 cm³/mol. The third-order valence-electron chi connectivity index (χ3n) is 4.22. The molecule has 2 aromatic rings. The maximum absolute atomic E-state index is 13.2. The molecule has 4 heteroatoms. The Morgan fingerprint density at radius 2 is 2.26 bits per heavy atom. The number of hydrogen-bond acceptors (Lipinski definition) is 3. The number of oxazole rings is 1. The second-order valence-electron chi connectivity index (χ2n) is 5.90. The fourth-order valence-electron chi connectivity index (χ4n) is 2.82. The smallest absolute Gasteiger partial charge is 0.201 e. The number of rotatable bonds is 2. The van der Waals surface area contributed by atoms with Crippen LogP contribution in [0.1, 0.15) is 32.6 Å². The summed E-state index contributed by atoms with van der Waals surface area (Å²) in [5.74, 6) is 0.936. The van der Waals surface area contributed by atoms with Crippen LogP contribution < -0.4 is 5.32 Å². The second kappa shape index (κ2) is 4.60. The van der Waals surface area contributed by atoms with Gasteiger partial charge in [0.2, 0.25) is 5.89 Å². The minimum atomic E-state index is -0.274. The maximum Gasteiger partial charge on any atom is 0.201 e. The molecule has 0 radical (unpaired) electrons. The van der Waals surface area contributed by atoms with Crippen molar-refractivity contribution < 1.29 is 8.81 Å². The Balaban J connectivity index is 1.97. The molecule has 1 unspecified atom stereocenters. The topological polar surface area (TPSA) is 38.1 Å². The second-order valence-corrected chi connectivity index (χ2v) is 5.90. The summed E-state index contributed by atoms with van der Waals surface area (Å²) >= 11 is 0. The summed E-state index contributed by atoms with van der Waals surface area (Å²) in [6.07, 6.45) is 2.36. The van der Waals surface area contributed by atoms with Gasteiger partial charge < -0.3 is 9.73 Å². The number of nitrogens with one attached hydrogen (secondary N) is 1. The molecule has 0 aliphatic carbocycles. The fourth-order valence-corrected chi connectivity index (χ4v) is 2.82. The van der Waals surface area contributed by atoms with Gasteiger partial charge in [0.25, 0.3) is 0 Å². The molecule has 1 aliphatic rings. The van der Waals surface area contributed by atoms with Crippen LogP contribution in [0.5, 0.6) is 0 Å². The quantitative estimate of drug-likeness (QED) is 0.903. The minimum absolute atomic E-state index is 0.136.